The lowest BCUT2D eigenvalue weighted by atomic mass is 10.1. The molecule has 0 bridgehead atoms. The number of nitrogens with one attached hydrogen (secondary N) is 1. The molecule has 1 N–H and O–H groups in total. The first-order chi connectivity index (χ1) is 10.5. The Balaban J connectivity index is 1.97. The molecule has 0 heterocycles. The van der Waals surface area contributed by atoms with E-state index >= 15 is 0 Å². The van der Waals surface area contributed by atoms with Crippen molar-refractivity contribution in [2.45, 2.75) is 13.1 Å². The van der Waals surface area contributed by atoms with Crippen LogP contribution in [-0.4, -0.2) is 24.9 Å². The van der Waals surface area contributed by atoms with E-state index in [-0.39, 0.29) is 5.91 Å². The van der Waals surface area contributed by atoms with E-state index in [1.54, 1.807) is 12.1 Å². The smallest absolute Gasteiger partial charge is 0.253 e. The molecule has 0 fully saturated rings. The summed E-state index contributed by atoms with van der Waals surface area (Å²) in [7, 11) is 4.08. The van der Waals surface area contributed by atoms with Gasteiger partial charge in [0, 0.05) is 17.6 Å². The highest BCUT2D eigenvalue weighted by Gasteiger charge is 2.10. The van der Waals surface area contributed by atoms with Crippen molar-refractivity contribution < 1.29 is 4.79 Å². The molecule has 116 valence electrons. The number of halogens is 2. The molecule has 0 aliphatic heterocycles. The fourth-order valence-corrected chi connectivity index (χ4v) is 2.64. The molecule has 0 spiro atoms. The first-order valence-corrected chi connectivity index (χ1v) is 8.08. The topological polar surface area (TPSA) is 32.3 Å². The Morgan fingerprint density at radius 2 is 1.77 bits per heavy atom. The van der Waals surface area contributed by atoms with Crippen molar-refractivity contribution in [3.63, 3.8) is 0 Å². The highest BCUT2D eigenvalue weighted by Crippen LogP contribution is 2.21. The summed E-state index contributed by atoms with van der Waals surface area (Å²) in [5, 5.41) is 3.34. The minimum Gasteiger partial charge on any atom is -0.348 e. The van der Waals surface area contributed by atoms with Crippen molar-refractivity contribution in [2.75, 3.05) is 14.1 Å². The molecule has 0 aromatic heterocycles. The molecule has 5 heteroatoms. The van der Waals surface area contributed by atoms with Crippen molar-refractivity contribution in [2.24, 2.45) is 0 Å². The van der Waals surface area contributed by atoms with Crippen molar-refractivity contribution in [1.29, 1.82) is 0 Å². The summed E-state index contributed by atoms with van der Waals surface area (Å²) in [4.78, 5) is 14.3. The Bertz CT molecular complexity index is 656. The lowest BCUT2D eigenvalue weighted by molar-refractivity contribution is 0.0951. The van der Waals surface area contributed by atoms with Gasteiger partial charge in [-0.2, -0.15) is 0 Å². The fraction of sp³-hybridized carbons (Fsp3) is 0.235. The molecule has 0 saturated heterocycles. The maximum atomic E-state index is 12.2. The second-order valence-corrected chi connectivity index (χ2v) is 6.68. The van der Waals surface area contributed by atoms with E-state index in [2.05, 4.69) is 38.3 Å². The number of carbonyl (C=O) groups is 1. The summed E-state index contributed by atoms with van der Waals surface area (Å²) >= 11 is 9.40. The van der Waals surface area contributed by atoms with Crippen molar-refractivity contribution >= 4 is 33.4 Å². The summed E-state index contributed by atoms with van der Waals surface area (Å²) in [5.74, 6) is -0.177. The highest BCUT2D eigenvalue weighted by molar-refractivity contribution is 9.10. The zero-order chi connectivity index (χ0) is 16.1. The Morgan fingerprint density at radius 1 is 1.14 bits per heavy atom. The van der Waals surface area contributed by atoms with E-state index in [9.17, 15) is 4.79 Å². The Morgan fingerprint density at radius 3 is 2.41 bits per heavy atom. The van der Waals surface area contributed by atoms with E-state index in [4.69, 9.17) is 11.6 Å². The van der Waals surface area contributed by atoms with Gasteiger partial charge < -0.3 is 10.2 Å². The van der Waals surface area contributed by atoms with E-state index in [1.165, 1.54) is 5.56 Å². The minimum atomic E-state index is -0.177. The van der Waals surface area contributed by atoms with Crippen LogP contribution < -0.4 is 5.32 Å². The number of hydrogen-bond acceptors (Lipinski definition) is 2. The minimum absolute atomic E-state index is 0.177. The molecule has 22 heavy (non-hydrogen) atoms. The quantitative estimate of drug-likeness (QED) is 0.846. The third kappa shape index (κ3) is 4.83. The monoisotopic (exact) mass is 380 g/mol. The molecule has 0 aliphatic carbocycles. The normalized spacial score (nSPS) is 10.8. The molecule has 2 aromatic rings. The van der Waals surface area contributed by atoms with Crippen molar-refractivity contribution in [1.82, 2.24) is 10.2 Å². The van der Waals surface area contributed by atoms with Gasteiger partial charge in [-0.25, -0.2) is 0 Å². The standard InChI is InChI=1S/C17H18BrClN2O/c1-21(2)11-13-5-3-12(4-6-13)10-20-17(22)15-9-14(18)7-8-16(15)19/h3-9H,10-11H2,1-2H3,(H,20,22). The molecule has 0 aliphatic rings. The fourth-order valence-electron chi connectivity index (χ4n) is 2.08. The van der Waals surface area contributed by atoms with Crippen LogP contribution in [0.4, 0.5) is 0 Å². The molecular weight excluding hydrogens is 364 g/mol. The molecule has 3 nitrogen and oxygen atoms in total. The van der Waals surface area contributed by atoms with Gasteiger partial charge in [0.1, 0.15) is 0 Å². The average Bonchev–Trinajstić information content (AvgIpc) is 2.48. The molecule has 0 saturated carbocycles. The molecule has 0 radical (unpaired) electrons. The van der Waals surface area contributed by atoms with Gasteiger partial charge >= 0.3 is 0 Å². The van der Waals surface area contributed by atoms with Gasteiger partial charge in [0.15, 0.2) is 0 Å². The zero-order valence-corrected chi connectivity index (χ0v) is 14.9. The van der Waals surface area contributed by atoms with Crippen LogP contribution in [0.5, 0.6) is 0 Å². The number of rotatable bonds is 5. The number of nitrogens with zero attached hydrogens (tertiary/aromatic N) is 1. The van der Waals surface area contributed by atoms with Crippen LogP contribution in [0.3, 0.4) is 0 Å². The molecule has 1 amide bonds. The van der Waals surface area contributed by atoms with Gasteiger partial charge in [0.05, 0.1) is 10.6 Å². The van der Waals surface area contributed by atoms with Crippen LogP contribution >= 0.6 is 27.5 Å². The van der Waals surface area contributed by atoms with Gasteiger partial charge in [0.25, 0.3) is 5.91 Å². The van der Waals surface area contributed by atoms with Crippen LogP contribution in [0.1, 0.15) is 21.5 Å². The third-order valence-corrected chi connectivity index (χ3v) is 3.97. The van der Waals surface area contributed by atoms with Crippen LogP contribution in [0, 0.1) is 0 Å². The third-order valence-electron chi connectivity index (χ3n) is 3.15. The molecule has 2 rings (SSSR count). The van der Waals surface area contributed by atoms with Gasteiger partial charge in [-0.1, -0.05) is 51.8 Å². The summed E-state index contributed by atoms with van der Waals surface area (Å²) in [6.07, 6.45) is 0. The number of hydrogen-bond donors (Lipinski definition) is 1. The predicted octanol–water partition coefficient (Wildman–Crippen LogP) is 4.09. The second kappa shape index (κ2) is 7.77. The SMILES string of the molecule is CN(C)Cc1ccc(CNC(=O)c2cc(Br)ccc2Cl)cc1. The number of benzene rings is 2. The van der Waals surface area contributed by atoms with E-state index in [0.717, 1.165) is 16.6 Å². The first-order valence-electron chi connectivity index (χ1n) is 6.91. The molecule has 0 atom stereocenters. The van der Waals surface area contributed by atoms with Crippen molar-refractivity contribution in [3.8, 4) is 0 Å². The Kier molecular flexibility index (Phi) is 6.00. The highest BCUT2D eigenvalue weighted by atomic mass is 79.9. The van der Waals surface area contributed by atoms with Crippen LogP contribution in [0.15, 0.2) is 46.9 Å². The zero-order valence-electron chi connectivity index (χ0n) is 12.6. The van der Waals surface area contributed by atoms with Crippen LogP contribution in [0.25, 0.3) is 0 Å². The number of amides is 1. The molecular formula is C17H18BrClN2O. The lowest BCUT2D eigenvalue weighted by Crippen LogP contribution is -2.23. The molecule has 2 aromatic carbocycles. The van der Waals surface area contributed by atoms with E-state index in [1.807, 2.05) is 32.3 Å². The second-order valence-electron chi connectivity index (χ2n) is 5.36. The van der Waals surface area contributed by atoms with Gasteiger partial charge in [-0.15, -0.1) is 0 Å². The Hall–Kier alpha value is -1.36. The average molecular weight is 382 g/mol. The van der Waals surface area contributed by atoms with E-state index in [0.29, 0.717) is 17.1 Å². The van der Waals surface area contributed by atoms with Gasteiger partial charge in [0.2, 0.25) is 0 Å². The van der Waals surface area contributed by atoms with Crippen LogP contribution in [-0.2, 0) is 13.1 Å². The van der Waals surface area contributed by atoms with Gasteiger partial charge in [-0.05, 0) is 43.4 Å². The maximum absolute atomic E-state index is 12.2. The summed E-state index contributed by atoms with van der Waals surface area (Å²) in [5.41, 5.74) is 2.78. The number of carbonyl (C=O) groups excluding carboxylic acids is 1. The summed E-state index contributed by atoms with van der Waals surface area (Å²) < 4.78 is 0.829. The van der Waals surface area contributed by atoms with Crippen molar-refractivity contribution in [3.05, 3.63) is 68.7 Å². The largest absolute Gasteiger partial charge is 0.348 e. The lowest BCUT2D eigenvalue weighted by Gasteiger charge is -2.11. The summed E-state index contributed by atoms with van der Waals surface area (Å²) in [6, 6.07) is 13.4. The van der Waals surface area contributed by atoms with Crippen LogP contribution in [0.2, 0.25) is 5.02 Å². The maximum Gasteiger partial charge on any atom is 0.253 e. The predicted molar refractivity (Wildman–Crippen MR) is 94.2 cm³/mol. The molecule has 0 unspecified atom stereocenters. The summed E-state index contributed by atoms with van der Waals surface area (Å²) in [6.45, 7) is 1.38. The van der Waals surface area contributed by atoms with Gasteiger partial charge in [-0.3, -0.25) is 4.79 Å². The Labute approximate surface area is 144 Å². The van der Waals surface area contributed by atoms with E-state index < -0.39 is 0 Å². The first kappa shape index (κ1) is 17.0.